The number of hydrogen-bond acceptors (Lipinski definition) is 4. The van der Waals surface area contributed by atoms with E-state index in [1.807, 2.05) is 13.1 Å². The minimum atomic E-state index is -0.408. The number of hydrogen-bond donors (Lipinski definition) is 1. The van der Waals surface area contributed by atoms with Crippen molar-refractivity contribution in [2.45, 2.75) is 12.3 Å². The molecule has 1 N–H and O–H groups in total. The van der Waals surface area contributed by atoms with Crippen LogP contribution in [0.25, 0.3) is 5.82 Å². The molecule has 0 unspecified atom stereocenters. The highest BCUT2D eigenvalue weighted by molar-refractivity contribution is 5.94. The van der Waals surface area contributed by atoms with Crippen LogP contribution < -0.4 is 5.32 Å². The predicted octanol–water partition coefficient (Wildman–Crippen LogP) is 1.88. The molecule has 0 aromatic carbocycles. The number of nitrogens with zero attached hydrogens (tertiary/aromatic N) is 5. The Hall–Kier alpha value is -3.03. The highest BCUT2D eigenvalue weighted by Gasteiger charge is 2.45. The molecule has 4 rings (SSSR count). The van der Waals surface area contributed by atoms with Gasteiger partial charge in [0.05, 0.1) is 6.20 Å². The summed E-state index contributed by atoms with van der Waals surface area (Å²) >= 11 is 0. The molecule has 24 heavy (non-hydrogen) atoms. The molecule has 0 spiro atoms. The first-order valence-electron chi connectivity index (χ1n) is 7.58. The zero-order chi connectivity index (χ0) is 16.7. The molecule has 1 fully saturated rings. The average Bonchev–Trinajstić information content (AvgIpc) is 3.03. The number of rotatable bonds is 4. The van der Waals surface area contributed by atoms with Crippen LogP contribution in [-0.4, -0.2) is 30.5 Å². The summed E-state index contributed by atoms with van der Waals surface area (Å²) in [5, 5.41) is 11.2. The van der Waals surface area contributed by atoms with Crippen LogP contribution in [0.3, 0.4) is 0 Å². The first kappa shape index (κ1) is 14.6. The topological polar surface area (TPSA) is 77.6 Å². The summed E-state index contributed by atoms with van der Waals surface area (Å²) in [4.78, 5) is 16.3. The van der Waals surface area contributed by atoms with Gasteiger partial charge in [-0.2, -0.15) is 5.10 Å². The smallest absolute Gasteiger partial charge is 0.229 e. The van der Waals surface area contributed by atoms with E-state index in [2.05, 4.69) is 20.5 Å². The predicted molar refractivity (Wildman–Crippen MR) is 84.0 cm³/mol. The number of carbonyl (C=O) groups excluding carboxylic acids is 1. The quantitative estimate of drug-likeness (QED) is 0.794. The van der Waals surface area contributed by atoms with Crippen molar-refractivity contribution in [3.8, 4) is 5.82 Å². The lowest BCUT2D eigenvalue weighted by Crippen LogP contribution is -2.15. The Bertz CT molecular complexity index is 884. The van der Waals surface area contributed by atoms with Crippen LogP contribution in [0.1, 0.15) is 18.0 Å². The lowest BCUT2D eigenvalue weighted by Gasteiger charge is -2.03. The molecule has 0 aliphatic heterocycles. The van der Waals surface area contributed by atoms with Gasteiger partial charge in [0.1, 0.15) is 5.82 Å². The van der Waals surface area contributed by atoms with Crippen molar-refractivity contribution < 1.29 is 9.18 Å². The number of amides is 1. The van der Waals surface area contributed by atoms with Gasteiger partial charge in [0.2, 0.25) is 5.91 Å². The number of aromatic nitrogens is 5. The molecule has 7 nitrogen and oxygen atoms in total. The van der Waals surface area contributed by atoms with Gasteiger partial charge in [0, 0.05) is 43.0 Å². The largest absolute Gasteiger partial charge is 0.309 e. The van der Waals surface area contributed by atoms with Crippen LogP contribution in [0, 0.1) is 11.7 Å². The molecule has 1 aliphatic carbocycles. The van der Waals surface area contributed by atoms with Crippen LogP contribution in [0.15, 0.2) is 42.9 Å². The summed E-state index contributed by atoms with van der Waals surface area (Å²) in [6.07, 6.45) is 5.34. The van der Waals surface area contributed by atoms with Gasteiger partial charge in [-0.25, -0.2) is 14.1 Å². The van der Waals surface area contributed by atoms with Gasteiger partial charge < -0.3 is 5.32 Å². The van der Waals surface area contributed by atoms with E-state index < -0.39 is 5.82 Å². The van der Waals surface area contributed by atoms with Gasteiger partial charge in [-0.15, -0.1) is 5.10 Å². The summed E-state index contributed by atoms with van der Waals surface area (Å²) in [6, 6.07) is 6.45. The molecule has 8 heteroatoms. The van der Waals surface area contributed by atoms with Crippen LogP contribution >= 0.6 is 0 Å². The summed E-state index contributed by atoms with van der Waals surface area (Å²) in [6.45, 7) is 0. The third-order valence-corrected chi connectivity index (χ3v) is 4.15. The molecule has 3 aromatic rings. The van der Waals surface area contributed by atoms with Crippen molar-refractivity contribution in [3.05, 3.63) is 54.4 Å². The fraction of sp³-hybridized carbons (Fsp3) is 0.250. The molecule has 0 bridgehead atoms. The Kier molecular flexibility index (Phi) is 3.37. The minimum Gasteiger partial charge on any atom is -0.309 e. The number of nitrogens with one attached hydrogen (secondary N) is 1. The van der Waals surface area contributed by atoms with Crippen LogP contribution in [0.2, 0.25) is 0 Å². The second-order valence-corrected chi connectivity index (χ2v) is 5.80. The molecular weight excluding hydrogens is 311 g/mol. The fourth-order valence-electron chi connectivity index (χ4n) is 2.80. The maximum atomic E-state index is 12.9. The van der Waals surface area contributed by atoms with E-state index in [1.165, 1.54) is 16.8 Å². The molecule has 1 aliphatic rings. The standard InChI is InChI=1S/C16H15FN6O/c1-22-13(4-6-19-22)11-8-12(11)16(24)20-14-5-7-23(21-14)15-3-2-10(17)9-18-15/h2-7,9,11-12H,8H2,1H3,(H,20,21,24)/t11-,12-/m1/s1. The van der Waals surface area contributed by atoms with Crippen molar-refractivity contribution in [1.82, 2.24) is 24.5 Å². The Morgan fingerprint density at radius 3 is 2.92 bits per heavy atom. The normalized spacial score (nSPS) is 19.2. The highest BCUT2D eigenvalue weighted by Crippen LogP contribution is 2.47. The average molecular weight is 326 g/mol. The number of anilines is 1. The van der Waals surface area contributed by atoms with E-state index in [0.29, 0.717) is 11.6 Å². The van der Waals surface area contributed by atoms with E-state index in [4.69, 9.17) is 0 Å². The van der Waals surface area contributed by atoms with E-state index in [1.54, 1.807) is 23.1 Å². The third-order valence-electron chi connectivity index (χ3n) is 4.15. The van der Waals surface area contributed by atoms with Crippen LogP contribution in [0.5, 0.6) is 0 Å². The minimum absolute atomic E-state index is 0.0569. The Morgan fingerprint density at radius 2 is 2.21 bits per heavy atom. The first-order chi connectivity index (χ1) is 11.6. The first-order valence-corrected chi connectivity index (χ1v) is 7.58. The van der Waals surface area contributed by atoms with Crippen LogP contribution in [-0.2, 0) is 11.8 Å². The number of aryl methyl sites for hydroxylation is 1. The van der Waals surface area contributed by atoms with Crippen molar-refractivity contribution in [1.29, 1.82) is 0 Å². The second-order valence-electron chi connectivity index (χ2n) is 5.80. The van der Waals surface area contributed by atoms with E-state index in [9.17, 15) is 9.18 Å². The number of carbonyl (C=O) groups is 1. The molecule has 1 saturated carbocycles. The highest BCUT2D eigenvalue weighted by atomic mass is 19.1. The van der Waals surface area contributed by atoms with Crippen molar-refractivity contribution >= 4 is 11.7 Å². The molecule has 122 valence electrons. The van der Waals surface area contributed by atoms with E-state index in [-0.39, 0.29) is 17.7 Å². The molecular formula is C16H15FN6O. The SMILES string of the molecule is Cn1nccc1[C@@H]1C[C@H]1C(=O)Nc1ccn(-c2ccc(F)cn2)n1. The van der Waals surface area contributed by atoms with E-state index in [0.717, 1.165) is 18.3 Å². The molecule has 0 radical (unpaired) electrons. The summed E-state index contributed by atoms with van der Waals surface area (Å²) in [5.41, 5.74) is 1.07. The van der Waals surface area contributed by atoms with Gasteiger partial charge in [0.15, 0.2) is 11.6 Å². The Morgan fingerprint density at radius 1 is 1.33 bits per heavy atom. The molecule has 1 amide bonds. The van der Waals surface area contributed by atoms with Gasteiger partial charge in [-0.3, -0.25) is 9.48 Å². The second kappa shape index (κ2) is 5.55. The lowest BCUT2D eigenvalue weighted by molar-refractivity contribution is -0.117. The number of halogens is 1. The fourth-order valence-corrected chi connectivity index (χ4v) is 2.80. The molecule has 3 heterocycles. The zero-order valence-corrected chi connectivity index (χ0v) is 12.9. The Balaban J connectivity index is 1.42. The Labute approximate surface area is 137 Å². The van der Waals surface area contributed by atoms with Gasteiger partial charge in [0.25, 0.3) is 0 Å². The van der Waals surface area contributed by atoms with Gasteiger partial charge in [-0.05, 0) is 24.6 Å². The molecule has 2 atom stereocenters. The summed E-state index contributed by atoms with van der Waals surface area (Å²) in [7, 11) is 1.87. The zero-order valence-electron chi connectivity index (χ0n) is 12.9. The monoisotopic (exact) mass is 326 g/mol. The summed E-state index contributed by atoms with van der Waals surface area (Å²) < 4.78 is 16.2. The molecule has 3 aromatic heterocycles. The van der Waals surface area contributed by atoms with Gasteiger partial charge >= 0.3 is 0 Å². The summed E-state index contributed by atoms with van der Waals surface area (Å²) in [5.74, 6) is 0.610. The van der Waals surface area contributed by atoms with E-state index >= 15 is 0 Å². The maximum Gasteiger partial charge on any atom is 0.229 e. The van der Waals surface area contributed by atoms with Gasteiger partial charge in [-0.1, -0.05) is 0 Å². The lowest BCUT2D eigenvalue weighted by atomic mass is 10.2. The van der Waals surface area contributed by atoms with Crippen molar-refractivity contribution in [3.63, 3.8) is 0 Å². The molecule has 0 saturated heterocycles. The maximum absolute atomic E-state index is 12.9. The van der Waals surface area contributed by atoms with Crippen molar-refractivity contribution in [2.24, 2.45) is 13.0 Å². The van der Waals surface area contributed by atoms with Crippen LogP contribution in [0.4, 0.5) is 10.2 Å². The number of pyridine rings is 1. The third kappa shape index (κ3) is 2.66. The van der Waals surface area contributed by atoms with Crippen molar-refractivity contribution in [2.75, 3.05) is 5.32 Å².